The van der Waals surface area contributed by atoms with Gasteiger partial charge in [-0.3, -0.25) is 14.9 Å². The third-order valence-electron chi connectivity index (χ3n) is 3.58. The van der Waals surface area contributed by atoms with E-state index in [1.807, 2.05) is 5.32 Å². The number of aryl methyl sites for hydroxylation is 1. The highest BCUT2D eigenvalue weighted by Gasteiger charge is 2.21. The molecule has 0 unspecified atom stereocenters. The van der Waals surface area contributed by atoms with E-state index in [0.717, 1.165) is 5.56 Å². The van der Waals surface area contributed by atoms with E-state index in [1.54, 1.807) is 19.1 Å². The van der Waals surface area contributed by atoms with Crippen LogP contribution in [0.1, 0.15) is 33.4 Å². The summed E-state index contributed by atoms with van der Waals surface area (Å²) < 4.78 is 10.1. The molecule has 0 spiro atoms. The average Bonchev–Trinajstić information content (AvgIpc) is 3.17. The first-order valence-corrected chi connectivity index (χ1v) is 8.01. The van der Waals surface area contributed by atoms with Crippen molar-refractivity contribution in [2.24, 2.45) is 0 Å². The van der Waals surface area contributed by atoms with E-state index in [0.29, 0.717) is 5.69 Å². The minimum Gasteiger partial charge on any atom is -0.459 e. The fraction of sp³-hybridized carbons (Fsp3) is 0.222. The standard InChI is InChI=1S/C18H19N3O6/c1-10-6-7-12(9-13(10)20-16(23)14-5-4-8-26-14)17(24)27-11(2)15(22)21-18(25)19-3/h4-9,11H,1-3H3,(H,20,23)(H2,19,21,22,25)/t11-/m1/s1. The summed E-state index contributed by atoms with van der Waals surface area (Å²) in [5.74, 6) is -1.88. The molecule has 0 aliphatic rings. The topological polar surface area (TPSA) is 127 Å². The number of hydrogen-bond donors (Lipinski definition) is 3. The fourth-order valence-corrected chi connectivity index (χ4v) is 2.03. The van der Waals surface area contributed by atoms with Crippen LogP contribution in [-0.2, 0) is 9.53 Å². The zero-order valence-electron chi connectivity index (χ0n) is 15.0. The maximum Gasteiger partial charge on any atom is 0.338 e. The number of furan rings is 1. The first kappa shape index (κ1) is 19.7. The molecule has 0 fully saturated rings. The molecule has 3 N–H and O–H groups in total. The second-order valence-electron chi connectivity index (χ2n) is 5.58. The van der Waals surface area contributed by atoms with Crippen LogP contribution in [0.3, 0.4) is 0 Å². The molecule has 1 atom stereocenters. The lowest BCUT2D eigenvalue weighted by Crippen LogP contribution is -2.43. The Kier molecular flexibility index (Phi) is 6.32. The van der Waals surface area contributed by atoms with Gasteiger partial charge in [-0.25, -0.2) is 9.59 Å². The van der Waals surface area contributed by atoms with Gasteiger partial charge in [0, 0.05) is 12.7 Å². The predicted molar refractivity (Wildman–Crippen MR) is 95.3 cm³/mol. The summed E-state index contributed by atoms with van der Waals surface area (Å²) in [6, 6.07) is 6.95. The van der Waals surface area contributed by atoms with Crippen molar-refractivity contribution >= 4 is 29.5 Å². The number of ether oxygens (including phenoxy) is 1. The SMILES string of the molecule is CNC(=O)NC(=O)[C@@H](C)OC(=O)c1ccc(C)c(NC(=O)c2ccco2)c1. The van der Waals surface area contributed by atoms with Crippen LogP contribution in [0, 0.1) is 6.92 Å². The molecular formula is C18H19N3O6. The molecule has 0 radical (unpaired) electrons. The smallest absolute Gasteiger partial charge is 0.338 e. The Morgan fingerprint density at radius 1 is 1.15 bits per heavy atom. The van der Waals surface area contributed by atoms with Crippen molar-refractivity contribution in [3.05, 3.63) is 53.5 Å². The minimum atomic E-state index is -1.18. The Balaban J connectivity index is 2.07. The van der Waals surface area contributed by atoms with Crippen molar-refractivity contribution in [3.8, 4) is 0 Å². The molecule has 2 rings (SSSR count). The number of benzene rings is 1. The number of esters is 1. The summed E-state index contributed by atoms with van der Waals surface area (Å²) in [4.78, 5) is 47.2. The Morgan fingerprint density at radius 3 is 2.52 bits per heavy atom. The molecular weight excluding hydrogens is 354 g/mol. The van der Waals surface area contributed by atoms with Crippen molar-refractivity contribution in [1.29, 1.82) is 0 Å². The predicted octanol–water partition coefficient (Wildman–Crippen LogP) is 1.84. The van der Waals surface area contributed by atoms with Gasteiger partial charge in [0.2, 0.25) is 0 Å². The molecule has 0 aliphatic carbocycles. The van der Waals surface area contributed by atoms with Gasteiger partial charge < -0.3 is 19.8 Å². The summed E-state index contributed by atoms with van der Waals surface area (Å²) >= 11 is 0. The molecule has 1 heterocycles. The van der Waals surface area contributed by atoms with Crippen LogP contribution in [0.2, 0.25) is 0 Å². The van der Waals surface area contributed by atoms with E-state index < -0.39 is 29.9 Å². The van der Waals surface area contributed by atoms with E-state index >= 15 is 0 Å². The number of carbonyl (C=O) groups excluding carboxylic acids is 4. The number of rotatable bonds is 5. The monoisotopic (exact) mass is 373 g/mol. The summed E-state index contributed by atoms with van der Waals surface area (Å²) in [6.45, 7) is 3.09. The maximum absolute atomic E-state index is 12.3. The molecule has 0 saturated heterocycles. The number of urea groups is 1. The van der Waals surface area contributed by atoms with Gasteiger partial charge in [-0.1, -0.05) is 6.07 Å². The molecule has 142 valence electrons. The second kappa shape index (κ2) is 8.65. The molecule has 1 aromatic carbocycles. The normalized spacial score (nSPS) is 11.2. The van der Waals surface area contributed by atoms with Crippen LogP contribution in [0.5, 0.6) is 0 Å². The second-order valence-corrected chi connectivity index (χ2v) is 5.58. The van der Waals surface area contributed by atoms with Gasteiger partial charge in [0.05, 0.1) is 11.8 Å². The molecule has 0 saturated carbocycles. The first-order valence-electron chi connectivity index (χ1n) is 8.01. The molecule has 2 aromatic rings. The number of carbonyl (C=O) groups is 4. The largest absolute Gasteiger partial charge is 0.459 e. The Hall–Kier alpha value is -3.62. The van der Waals surface area contributed by atoms with Crippen LogP contribution >= 0.6 is 0 Å². The molecule has 1 aromatic heterocycles. The Labute approximate surface area is 155 Å². The van der Waals surface area contributed by atoms with E-state index in [2.05, 4.69) is 10.6 Å². The van der Waals surface area contributed by atoms with Gasteiger partial charge in [0.15, 0.2) is 11.9 Å². The number of hydrogen-bond acceptors (Lipinski definition) is 6. The number of amides is 4. The molecule has 0 bridgehead atoms. The maximum atomic E-state index is 12.3. The van der Waals surface area contributed by atoms with Gasteiger partial charge in [-0.05, 0) is 43.7 Å². The van der Waals surface area contributed by atoms with Crippen LogP contribution in [0.15, 0.2) is 41.0 Å². The highest BCUT2D eigenvalue weighted by atomic mass is 16.5. The highest BCUT2D eigenvalue weighted by Crippen LogP contribution is 2.19. The fourth-order valence-electron chi connectivity index (χ4n) is 2.03. The van der Waals surface area contributed by atoms with E-state index in [9.17, 15) is 19.2 Å². The van der Waals surface area contributed by atoms with Crippen LogP contribution < -0.4 is 16.0 Å². The molecule has 9 heteroatoms. The van der Waals surface area contributed by atoms with E-state index in [4.69, 9.17) is 9.15 Å². The van der Waals surface area contributed by atoms with Gasteiger partial charge in [-0.15, -0.1) is 0 Å². The number of nitrogens with one attached hydrogen (secondary N) is 3. The van der Waals surface area contributed by atoms with Crippen LogP contribution in [0.4, 0.5) is 10.5 Å². The van der Waals surface area contributed by atoms with Crippen molar-refractivity contribution in [2.45, 2.75) is 20.0 Å². The molecule has 27 heavy (non-hydrogen) atoms. The van der Waals surface area contributed by atoms with Crippen molar-refractivity contribution in [1.82, 2.24) is 10.6 Å². The van der Waals surface area contributed by atoms with Gasteiger partial charge in [0.25, 0.3) is 11.8 Å². The summed E-state index contributed by atoms with van der Waals surface area (Å²) in [7, 11) is 1.35. The van der Waals surface area contributed by atoms with E-state index in [-0.39, 0.29) is 11.3 Å². The first-order chi connectivity index (χ1) is 12.8. The Morgan fingerprint density at radius 2 is 1.89 bits per heavy atom. The number of imide groups is 1. The third-order valence-corrected chi connectivity index (χ3v) is 3.58. The number of anilines is 1. The van der Waals surface area contributed by atoms with Gasteiger partial charge in [-0.2, -0.15) is 0 Å². The van der Waals surface area contributed by atoms with Crippen LogP contribution in [-0.4, -0.2) is 37.0 Å². The zero-order valence-corrected chi connectivity index (χ0v) is 15.0. The van der Waals surface area contributed by atoms with Gasteiger partial charge in [0.1, 0.15) is 0 Å². The van der Waals surface area contributed by atoms with Crippen LogP contribution in [0.25, 0.3) is 0 Å². The summed E-state index contributed by atoms with van der Waals surface area (Å²) in [5, 5.41) is 6.88. The van der Waals surface area contributed by atoms with E-state index in [1.165, 1.54) is 38.4 Å². The lowest BCUT2D eigenvalue weighted by Gasteiger charge is -2.14. The zero-order chi connectivity index (χ0) is 20.0. The average molecular weight is 373 g/mol. The molecule has 0 aliphatic heterocycles. The molecule has 9 nitrogen and oxygen atoms in total. The lowest BCUT2D eigenvalue weighted by molar-refractivity contribution is -0.127. The minimum absolute atomic E-state index is 0.127. The third kappa shape index (κ3) is 5.18. The lowest BCUT2D eigenvalue weighted by atomic mass is 10.1. The molecule has 4 amide bonds. The van der Waals surface area contributed by atoms with Crippen molar-refractivity contribution in [3.63, 3.8) is 0 Å². The quantitative estimate of drug-likeness (QED) is 0.687. The van der Waals surface area contributed by atoms with Gasteiger partial charge >= 0.3 is 12.0 Å². The van der Waals surface area contributed by atoms with Crippen molar-refractivity contribution < 1.29 is 28.3 Å². The highest BCUT2D eigenvalue weighted by molar-refractivity contribution is 6.03. The van der Waals surface area contributed by atoms with Crippen molar-refractivity contribution in [2.75, 3.05) is 12.4 Å². The summed E-state index contributed by atoms with van der Waals surface area (Å²) in [5.41, 5.74) is 1.25. The summed E-state index contributed by atoms with van der Waals surface area (Å²) in [6.07, 6.45) is 0.193. The Bertz CT molecular complexity index is 860.